The summed E-state index contributed by atoms with van der Waals surface area (Å²) in [5.74, 6) is -0.321. The molecule has 2 N–H and O–H groups in total. The molecule has 0 bridgehead atoms. The summed E-state index contributed by atoms with van der Waals surface area (Å²) >= 11 is 0. The fourth-order valence-corrected chi connectivity index (χ4v) is 4.74. The Labute approximate surface area is 161 Å². The molecule has 1 fully saturated rings. The van der Waals surface area contributed by atoms with Crippen LogP contribution in [0.3, 0.4) is 0 Å². The SMILES string of the molecule is Cc1cccc(NC(=O)c2cccc(S(=O)(=O)NC3CCCCC3)c2)c1C. The summed E-state index contributed by atoms with van der Waals surface area (Å²) in [6, 6.07) is 11.9. The number of anilines is 1. The van der Waals surface area contributed by atoms with Gasteiger partial charge >= 0.3 is 0 Å². The Hall–Kier alpha value is -2.18. The van der Waals surface area contributed by atoms with Crippen LogP contribution in [0.25, 0.3) is 0 Å². The second-order valence-corrected chi connectivity index (χ2v) is 8.90. The van der Waals surface area contributed by atoms with Gasteiger partial charge in [0.05, 0.1) is 4.90 Å². The highest BCUT2D eigenvalue weighted by atomic mass is 32.2. The van der Waals surface area contributed by atoms with Crippen LogP contribution >= 0.6 is 0 Å². The summed E-state index contributed by atoms with van der Waals surface area (Å²) in [5.41, 5.74) is 3.13. The molecule has 5 nitrogen and oxygen atoms in total. The summed E-state index contributed by atoms with van der Waals surface area (Å²) < 4.78 is 28.2. The number of carbonyl (C=O) groups excluding carboxylic acids is 1. The molecule has 144 valence electrons. The second kappa shape index (κ2) is 8.23. The Bertz CT molecular complexity index is 932. The van der Waals surface area contributed by atoms with E-state index in [-0.39, 0.29) is 16.8 Å². The molecule has 0 radical (unpaired) electrons. The topological polar surface area (TPSA) is 75.3 Å². The molecule has 1 aliphatic carbocycles. The number of hydrogen-bond donors (Lipinski definition) is 2. The highest BCUT2D eigenvalue weighted by Gasteiger charge is 2.22. The van der Waals surface area contributed by atoms with E-state index in [2.05, 4.69) is 10.0 Å². The number of nitrogens with one attached hydrogen (secondary N) is 2. The number of carbonyl (C=O) groups is 1. The molecular formula is C21H26N2O3S. The first-order chi connectivity index (χ1) is 12.9. The monoisotopic (exact) mass is 386 g/mol. The summed E-state index contributed by atoms with van der Waals surface area (Å²) in [6.07, 6.45) is 4.99. The summed E-state index contributed by atoms with van der Waals surface area (Å²) in [4.78, 5) is 12.7. The van der Waals surface area contributed by atoms with Gasteiger partial charge in [-0.25, -0.2) is 13.1 Å². The largest absolute Gasteiger partial charge is 0.322 e. The molecule has 0 saturated heterocycles. The maximum absolute atomic E-state index is 12.7. The molecule has 1 amide bonds. The van der Waals surface area contributed by atoms with E-state index >= 15 is 0 Å². The quantitative estimate of drug-likeness (QED) is 0.810. The average molecular weight is 387 g/mol. The maximum atomic E-state index is 12.7. The smallest absolute Gasteiger partial charge is 0.255 e. The van der Waals surface area contributed by atoms with Crippen LogP contribution in [-0.4, -0.2) is 20.4 Å². The van der Waals surface area contributed by atoms with Crippen LogP contribution in [0.4, 0.5) is 5.69 Å². The molecule has 1 aliphatic rings. The Morgan fingerprint density at radius 3 is 2.44 bits per heavy atom. The molecule has 0 aliphatic heterocycles. The summed E-state index contributed by atoms with van der Waals surface area (Å²) in [7, 11) is -3.63. The first-order valence-electron chi connectivity index (χ1n) is 9.37. The van der Waals surface area contributed by atoms with E-state index in [9.17, 15) is 13.2 Å². The van der Waals surface area contributed by atoms with Gasteiger partial charge in [0.25, 0.3) is 5.91 Å². The van der Waals surface area contributed by atoms with Crippen molar-refractivity contribution in [2.24, 2.45) is 0 Å². The van der Waals surface area contributed by atoms with E-state index in [1.54, 1.807) is 12.1 Å². The lowest BCUT2D eigenvalue weighted by Gasteiger charge is -2.22. The third kappa shape index (κ3) is 4.76. The third-order valence-corrected chi connectivity index (χ3v) is 6.70. The Morgan fingerprint density at radius 2 is 1.70 bits per heavy atom. The zero-order chi connectivity index (χ0) is 19.4. The van der Waals surface area contributed by atoms with Gasteiger partial charge in [0, 0.05) is 17.3 Å². The van der Waals surface area contributed by atoms with Gasteiger partial charge in [0.1, 0.15) is 0 Å². The van der Waals surface area contributed by atoms with Crippen molar-refractivity contribution < 1.29 is 13.2 Å². The highest BCUT2D eigenvalue weighted by Crippen LogP contribution is 2.22. The first kappa shape index (κ1) is 19.6. The molecule has 0 heterocycles. The molecule has 0 spiro atoms. The van der Waals surface area contributed by atoms with Gasteiger partial charge < -0.3 is 5.32 Å². The molecule has 1 saturated carbocycles. The number of rotatable bonds is 5. The first-order valence-corrected chi connectivity index (χ1v) is 10.8. The Balaban J connectivity index is 1.78. The molecule has 0 unspecified atom stereocenters. The average Bonchev–Trinajstić information content (AvgIpc) is 2.66. The van der Waals surface area contributed by atoms with Gasteiger partial charge in [-0.05, 0) is 62.1 Å². The van der Waals surface area contributed by atoms with Crippen LogP contribution in [0.5, 0.6) is 0 Å². The normalized spacial score (nSPS) is 15.5. The van der Waals surface area contributed by atoms with Crippen LogP contribution < -0.4 is 10.0 Å². The van der Waals surface area contributed by atoms with E-state index in [4.69, 9.17) is 0 Å². The van der Waals surface area contributed by atoms with Gasteiger partial charge in [0.2, 0.25) is 10.0 Å². The van der Waals surface area contributed by atoms with Crippen molar-refractivity contribution in [3.8, 4) is 0 Å². The minimum atomic E-state index is -3.63. The predicted octanol–water partition coefficient (Wildman–Crippen LogP) is 4.17. The number of benzene rings is 2. The standard InChI is InChI=1S/C21H26N2O3S/c1-15-8-6-13-20(16(15)2)22-21(24)17-9-7-12-19(14-17)27(25,26)23-18-10-4-3-5-11-18/h6-9,12-14,18,23H,3-5,10-11H2,1-2H3,(H,22,24). The van der Waals surface area contributed by atoms with Crippen molar-refractivity contribution in [3.63, 3.8) is 0 Å². The molecule has 3 rings (SSSR count). The molecule has 6 heteroatoms. The van der Waals surface area contributed by atoms with Crippen molar-refractivity contribution >= 4 is 21.6 Å². The van der Waals surface area contributed by atoms with E-state index in [1.807, 2.05) is 32.0 Å². The van der Waals surface area contributed by atoms with Crippen molar-refractivity contribution in [1.82, 2.24) is 4.72 Å². The van der Waals surface area contributed by atoms with Gasteiger partial charge in [-0.3, -0.25) is 4.79 Å². The second-order valence-electron chi connectivity index (χ2n) is 7.19. The number of amides is 1. The van der Waals surface area contributed by atoms with Gasteiger partial charge in [-0.1, -0.05) is 37.5 Å². The van der Waals surface area contributed by atoms with Crippen molar-refractivity contribution in [1.29, 1.82) is 0 Å². The number of hydrogen-bond acceptors (Lipinski definition) is 3. The van der Waals surface area contributed by atoms with Crippen LogP contribution in [0.2, 0.25) is 0 Å². The minimum absolute atomic E-state index is 0.0174. The van der Waals surface area contributed by atoms with Crippen molar-refractivity contribution in [3.05, 3.63) is 59.2 Å². The molecular weight excluding hydrogens is 360 g/mol. The van der Waals surface area contributed by atoms with Crippen LogP contribution in [0.1, 0.15) is 53.6 Å². The van der Waals surface area contributed by atoms with E-state index in [1.165, 1.54) is 12.1 Å². The number of aryl methyl sites for hydroxylation is 1. The zero-order valence-electron chi connectivity index (χ0n) is 15.8. The highest BCUT2D eigenvalue weighted by molar-refractivity contribution is 7.89. The minimum Gasteiger partial charge on any atom is -0.322 e. The van der Waals surface area contributed by atoms with Crippen molar-refractivity contribution in [2.75, 3.05) is 5.32 Å². The molecule has 2 aromatic rings. The maximum Gasteiger partial charge on any atom is 0.255 e. The van der Waals surface area contributed by atoms with Gasteiger partial charge in [0.15, 0.2) is 0 Å². The molecule has 2 aromatic carbocycles. The lowest BCUT2D eigenvalue weighted by molar-refractivity contribution is 0.102. The third-order valence-electron chi connectivity index (χ3n) is 5.19. The fraction of sp³-hybridized carbons (Fsp3) is 0.381. The number of sulfonamides is 1. The van der Waals surface area contributed by atoms with Gasteiger partial charge in [-0.15, -0.1) is 0 Å². The van der Waals surface area contributed by atoms with Gasteiger partial charge in [-0.2, -0.15) is 0 Å². The zero-order valence-corrected chi connectivity index (χ0v) is 16.6. The van der Waals surface area contributed by atoms with Crippen molar-refractivity contribution in [2.45, 2.75) is 56.9 Å². The lowest BCUT2D eigenvalue weighted by Crippen LogP contribution is -2.36. The summed E-state index contributed by atoms with van der Waals surface area (Å²) in [5, 5.41) is 2.87. The molecule has 0 atom stereocenters. The van der Waals surface area contributed by atoms with E-state index in [0.717, 1.165) is 48.9 Å². The van der Waals surface area contributed by atoms with E-state index in [0.29, 0.717) is 5.56 Å². The van der Waals surface area contributed by atoms with Crippen LogP contribution in [-0.2, 0) is 10.0 Å². The summed E-state index contributed by atoms with van der Waals surface area (Å²) in [6.45, 7) is 3.93. The van der Waals surface area contributed by atoms with Crippen LogP contribution in [0, 0.1) is 13.8 Å². The Morgan fingerprint density at radius 1 is 1.00 bits per heavy atom. The van der Waals surface area contributed by atoms with E-state index < -0.39 is 10.0 Å². The fourth-order valence-electron chi connectivity index (χ4n) is 3.39. The molecule has 27 heavy (non-hydrogen) atoms. The Kier molecular flexibility index (Phi) is 5.97. The predicted molar refractivity (Wildman–Crippen MR) is 108 cm³/mol. The molecule has 0 aromatic heterocycles. The van der Waals surface area contributed by atoms with Crippen LogP contribution in [0.15, 0.2) is 47.4 Å². The lowest BCUT2D eigenvalue weighted by atomic mass is 9.96.